The third-order valence-corrected chi connectivity index (χ3v) is 8.98. The summed E-state index contributed by atoms with van der Waals surface area (Å²) in [5.41, 5.74) is 1.49. The minimum atomic E-state index is -4.79. The molecule has 3 rings (SSSR count). The monoisotopic (exact) mass is 558 g/mol. The number of thioether (sulfide) groups is 1. The molecule has 0 bridgehead atoms. The van der Waals surface area contributed by atoms with Gasteiger partial charge in [-0.1, -0.05) is 60.7 Å². The first kappa shape index (κ1) is 28.6. The molecule has 1 aliphatic heterocycles. The van der Waals surface area contributed by atoms with E-state index in [0.717, 1.165) is 15.4 Å². The molecule has 2 aromatic rings. The van der Waals surface area contributed by atoms with Gasteiger partial charge >= 0.3 is 16.4 Å². The van der Waals surface area contributed by atoms with Gasteiger partial charge in [-0.25, -0.2) is 4.18 Å². The maximum Gasteiger partial charge on any atom is 0.397 e. The fraction of sp³-hybridized carbons (Fsp3) is 0.435. The molecule has 2 atom stereocenters. The zero-order chi connectivity index (χ0) is 26.4. The average Bonchev–Trinajstić information content (AvgIpc) is 2.81. The second kappa shape index (κ2) is 12.0. The molecule has 0 aromatic heterocycles. The van der Waals surface area contributed by atoms with Crippen LogP contribution in [0.3, 0.4) is 0 Å². The molecule has 1 saturated heterocycles. The second-order valence-corrected chi connectivity index (χ2v) is 13.3. The molecular weight excluding hydrogens is 528 g/mol. The Hall–Kier alpha value is -2.00. The molecular formula is C23H30N2O8S3. The van der Waals surface area contributed by atoms with Gasteiger partial charge in [0.15, 0.2) is 0 Å². The molecule has 1 heterocycles. The molecule has 1 aliphatic rings. The first-order valence-corrected chi connectivity index (χ1v) is 15.0. The third kappa shape index (κ3) is 8.26. The van der Waals surface area contributed by atoms with Gasteiger partial charge in [0.2, 0.25) is 0 Å². The summed E-state index contributed by atoms with van der Waals surface area (Å²) in [6.07, 6.45) is 0.0880. The van der Waals surface area contributed by atoms with Gasteiger partial charge in [0.1, 0.15) is 12.6 Å². The summed E-state index contributed by atoms with van der Waals surface area (Å²) in [7, 11) is -9.10. The van der Waals surface area contributed by atoms with E-state index in [2.05, 4.69) is 8.91 Å². The first-order chi connectivity index (χ1) is 16.9. The fourth-order valence-electron chi connectivity index (χ4n) is 3.90. The minimum absolute atomic E-state index is 0.00291. The molecule has 1 fully saturated rings. The van der Waals surface area contributed by atoms with Crippen LogP contribution in [0.5, 0.6) is 0 Å². The molecule has 2 N–H and O–H groups in total. The topological polar surface area (TPSA) is 139 Å². The van der Waals surface area contributed by atoms with Crippen LogP contribution in [0.25, 0.3) is 0 Å². The molecule has 0 saturated carbocycles. The molecule has 0 spiro atoms. The van der Waals surface area contributed by atoms with Crippen molar-refractivity contribution in [2.75, 3.05) is 18.9 Å². The number of esters is 1. The van der Waals surface area contributed by atoms with E-state index in [0.29, 0.717) is 5.75 Å². The maximum absolute atomic E-state index is 13.5. The Labute approximate surface area is 216 Å². The highest BCUT2D eigenvalue weighted by atomic mass is 32.3. The van der Waals surface area contributed by atoms with Gasteiger partial charge in [-0.2, -0.15) is 37.6 Å². The number of carbonyl (C=O) groups excluding carboxylic acids is 1. The van der Waals surface area contributed by atoms with Crippen molar-refractivity contribution < 1.29 is 35.1 Å². The van der Waals surface area contributed by atoms with E-state index < -0.39 is 50.0 Å². The summed E-state index contributed by atoms with van der Waals surface area (Å²) in [5, 5.41) is 0. The average molecular weight is 559 g/mol. The molecule has 2 aromatic carbocycles. The molecule has 13 heteroatoms. The van der Waals surface area contributed by atoms with E-state index >= 15 is 0 Å². The van der Waals surface area contributed by atoms with Crippen LogP contribution < -0.4 is 4.72 Å². The quantitative estimate of drug-likeness (QED) is 0.314. The number of nitrogens with zero attached hydrogens (tertiary/aromatic N) is 1. The second-order valence-electron chi connectivity index (χ2n) is 8.78. The van der Waals surface area contributed by atoms with Gasteiger partial charge in [-0.3, -0.25) is 9.35 Å². The number of nitrogens with one attached hydrogen (secondary N) is 1. The molecule has 10 nitrogen and oxygen atoms in total. The van der Waals surface area contributed by atoms with Crippen LogP contribution in [-0.2, 0) is 47.4 Å². The SMILES string of the molecule is CC1(C)SCCN(S(=O)(=O)N[C@@H](COS(=O)(=O)O)Cc2ccccc2)[C@@H]1C(=O)OCc1ccccc1. The minimum Gasteiger partial charge on any atom is -0.460 e. The van der Waals surface area contributed by atoms with Gasteiger partial charge < -0.3 is 4.74 Å². The summed E-state index contributed by atoms with van der Waals surface area (Å²) < 4.78 is 71.1. The lowest BCUT2D eigenvalue weighted by molar-refractivity contribution is -0.150. The Morgan fingerprint density at radius 3 is 2.25 bits per heavy atom. The van der Waals surface area contributed by atoms with Gasteiger partial charge in [0.25, 0.3) is 10.2 Å². The Morgan fingerprint density at radius 1 is 1.08 bits per heavy atom. The lowest BCUT2D eigenvalue weighted by atomic mass is 10.0. The van der Waals surface area contributed by atoms with Crippen molar-refractivity contribution in [2.24, 2.45) is 0 Å². The van der Waals surface area contributed by atoms with Gasteiger partial charge in [0, 0.05) is 17.0 Å². The van der Waals surface area contributed by atoms with Crippen LogP contribution in [0.15, 0.2) is 60.7 Å². The Morgan fingerprint density at radius 2 is 1.67 bits per heavy atom. The zero-order valence-electron chi connectivity index (χ0n) is 19.9. The van der Waals surface area contributed by atoms with E-state index in [1.165, 1.54) is 11.8 Å². The number of rotatable bonds is 11. The number of hydrogen-bond donors (Lipinski definition) is 2. The first-order valence-electron chi connectivity index (χ1n) is 11.2. The van der Waals surface area contributed by atoms with Crippen LogP contribution in [-0.4, -0.2) is 67.4 Å². The lowest BCUT2D eigenvalue weighted by Gasteiger charge is -2.43. The van der Waals surface area contributed by atoms with Crippen LogP contribution in [0.2, 0.25) is 0 Å². The highest BCUT2D eigenvalue weighted by Gasteiger charge is 2.49. The Kier molecular flexibility index (Phi) is 9.55. The third-order valence-electron chi connectivity index (χ3n) is 5.55. The van der Waals surface area contributed by atoms with Crippen molar-refractivity contribution >= 4 is 38.3 Å². The van der Waals surface area contributed by atoms with E-state index in [1.807, 2.05) is 18.2 Å². The van der Waals surface area contributed by atoms with Crippen molar-refractivity contribution in [2.45, 2.75) is 43.7 Å². The lowest BCUT2D eigenvalue weighted by Crippen LogP contribution is -2.62. The normalized spacial score (nSPS) is 19.5. The van der Waals surface area contributed by atoms with Crippen LogP contribution in [0.1, 0.15) is 25.0 Å². The molecule has 198 valence electrons. The smallest absolute Gasteiger partial charge is 0.397 e. The molecule has 36 heavy (non-hydrogen) atoms. The number of hydrogen-bond acceptors (Lipinski definition) is 8. The highest BCUT2D eigenvalue weighted by molar-refractivity contribution is 8.00. The van der Waals surface area contributed by atoms with Crippen molar-refractivity contribution in [3.05, 3.63) is 71.8 Å². The summed E-state index contributed by atoms with van der Waals surface area (Å²) in [5.74, 6) is -0.239. The highest BCUT2D eigenvalue weighted by Crippen LogP contribution is 2.37. The van der Waals surface area contributed by atoms with Gasteiger partial charge in [-0.05, 0) is 31.4 Å². The molecule has 0 aliphatic carbocycles. The molecule has 0 unspecified atom stereocenters. The number of benzene rings is 2. The van der Waals surface area contributed by atoms with Crippen molar-refractivity contribution in [1.29, 1.82) is 0 Å². The summed E-state index contributed by atoms with van der Waals surface area (Å²) in [6, 6.07) is 15.7. The summed E-state index contributed by atoms with van der Waals surface area (Å²) in [6.45, 7) is 2.96. The van der Waals surface area contributed by atoms with Crippen LogP contribution in [0, 0.1) is 0 Å². The number of carbonyl (C=O) groups is 1. The zero-order valence-corrected chi connectivity index (χ0v) is 22.4. The van der Waals surface area contributed by atoms with Crippen molar-refractivity contribution in [3.8, 4) is 0 Å². The van der Waals surface area contributed by atoms with E-state index in [-0.39, 0.29) is 19.6 Å². The maximum atomic E-state index is 13.5. The molecule has 0 amide bonds. The van der Waals surface area contributed by atoms with E-state index in [1.54, 1.807) is 56.3 Å². The van der Waals surface area contributed by atoms with Crippen LogP contribution in [0.4, 0.5) is 0 Å². The fourth-order valence-corrected chi connectivity index (χ4v) is 7.28. The van der Waals surface area contributed by atoms with Crippen LogP contribution >= 0.6 is 11.8 Å². The predicted molar refractivity (Wildman–Crippen MR) is 137 cm³/mol. The Bertz CT molecular complexity index is 1220. The van der Waals surface area contributed by atoms with Crippen molar-refractivity contribution in [1.82, 2.24) is 9.03 Å². The van der Waals surface area contributed by atoms with E-state index in [4.69, 9.17) is 9.29 Å². The molecule has 0 radical (unpaired) electrons. The largest absolute Gasteiger partial charge is 0.460 e. The summed E-state index contributed by atoms with van der Waals surface area (Å²) in [4.78, 5) is 13.2. The predicted octanol–water partition coefficient (Wildman–Crippen LogP) is 2.19. The number of ether oxygens (including phenoxy) is 1. The van der Waals surface area contributed by atoms with Gasteiger partial charge in [-0.15, -0.1) is 0 Å². The van der Waals surface area contributed by atoms with E-state index in [9.17, 15) is 21.6 Å². The van der Waals surface area contributed by atoms with Crippen molar-refractivity contribution in [3.63, 3.8) is 0 Å². The Balaban J connectivity index is 1.82. The van der Waals surface area contributed by atoms with Gasteiger partial charge in [0.05, 0.1) is 12.6 Å². The summed E-state index contributed by atoms with van der Waals surface area (Å²) >= 11 is 1.46. The standard InChI is InChI=1S/C23H30N2O8S3/c1-23(2)21(22(26)32-16-19-11-7-4-8-12-19)25(13-14-34-23)35(27,28)24-20(17-33-36(29,30)31)15-18-9-5-3-6-10-18/h3-12,20-21,24H,13-17H2,1-2H3,(H,29,30,31)/t20-,21-/m1/s1.